The molecule has 148 valence electrons. The van der Waals surface area contributed by atoms with Crippen LogP contribution in [0.15, 0.2) is 18.2 Å². The number of nitrogens with zero attached hydrogens (tertiary/aromatic N) is 1. The van der Waals surface area contributed by atoms with E-state index in [1.807, 2.05) is 54.5 Å². The third-order valence-electron chi connectivity index (χ3n) is 5.54. The van der Waals surface area contributed by atoms with Crippen LogP contribution in [0.5, 0.6) is 0 Å². The first-order valence-electron chi connectivity index (χ1n) is 9.42. The Morgan fingerprint density at radius 2 is 1.74 bits per heavy atom. The van der Waals surface area contributed by atoms with Crippen LogP contribution in [-0.4, -0.2) is 48.0 Å². The van der Waals surface area contributed by atoms with Crippen LogP contribution >= 0.6 is 0 Å². The Bertz CT molecular complexity index is 722. The van der Waals surface area contributed by atoms with Gasteiger partial charge in [0.2, 0.25) is 0 Å². The number of halogens is 1. The molecule has 2 fully saturated rings. The average Bonchev–Trinajstić information content (AvgIpc) is 2.63. The molecule has 3 rings (SSSR count). The van der Waals surface area contributed by atoms with Gasteiger partial charge in [0.1, 0.15) is 11.4 Å². The highest BCUT2D eigenvalue weighted by Crippen LogP contribution is 2.37. The molecule has 2 aliphatic rings. The summed E-state index contributed by atoms with van der Waals surface area (Å²) < 4.78 is 32.0. The van der Waals surface area contributed by atoms with Gasteiger partial charge in [-0.25, -0.2) is 9.18 Å². The molecule has 0 atom stereocenters. The van der Waals surface area contributed by atoms with Crippen molar-refractivity contribution < 1.29 is 23.2 Å². The van der Waals surface area contributed by atoms with E-state index in [2.05, 4.69) is 0 Å². The van der Waals surface area contributed by atoms with Gasteiger partial charge in [0.25, 0.3) is 0 Å². The highest BCUT2D eigenvalue weighted by molar-refractivity contribution is 6.62. The van der Waals surface area contributed by atoms with Gasteiger partial charge in [-0.3, -0.25) is 0 Å². The molecular formula is C20H29BFNO4. The van der Waals surface area contributed by atoms with Gasteiger partial charge in [0.15, 0.2) is 0 Å². The smallest absolute Gasteiger partial charge is 0.444 e. The number of amides is 1. The van der Waals surface area contributed by atoms with E-state index in [0.29, 0.717) is 18.6 Å². The molecule has 0 bridgehead atoms. The van der Waals surface area contributed by atoms with Gasteiger partial charge in [-0.2, -0.15) is 0 Å². The summed E-state index contributed by atoms with van der Waals surface area (Å²) in [5, 5.41) is 0. The quantitative estimate of drug-likeness (QED) is 0.741. The molecule has 1 aromatic carbocycles. The summed E-state index contributed by atoms with van der Waals surface area (Å²) in [4.78, 5) is 13.7. The van der Waals surface area contributed by atoms with Crippen molar-refractivity contribution in [2.75, 3.05) is 13.1 Å². The minimum Gasteiger partial charge on any atom is -0.444 e. The first-order chi connectivity index (χ1) is 12.3. The van der Waals surface area contributed by atoms with Crippen LogP contribution in [0, 0.1) is 5.82 Å². The van der Waals surface area contributed by atoms with Crippen molar-refractivity contribution in [3.05, 3.63) is 29.6 Å². The largest absolute Gasteiger partial charge is 0.497 e. The van der Waals surface area contributed by atoms with Crippen molar-refractivity contribution in [3.8, 4) is 0 Å². The lowest BCUT2D eigenvalue weighted by Crippen LogP contribution is -2.50. The summed E-state index contributed by atoms with van der Waals surface area (Å²) in [5.41, 5.74) is -0.262. The second kappa shape index (κ2) is 6.48. The van der Waals surface area contributed by atoms with Gasteiger partial charge in [-0.1, -0.05) is 12.1 Å². The van der Waals surface area contributed by atoms with Gasteiger partial charge >= 0.3 is 13.2 Å². The Morgan fingerprint density at radius 1 is 1.19 bits per heavy atom. The minimum absolute atomic E-state index is 0.111. The van der Waals surface area contributed by atoms with Crippen molar-refractivity contribution in [2.24, 2.45) is 0 Å². The Kier molecular flexibility index (Phi) is 4.84. The van der Waals surface area contributed by atoms with Crippen LogP contribution in [0.4, 0.5) is 9.18 Å². The second-order valence-electron chi connectivity index (χ2n) is 9.45. The molecule has 2 saturated heterocycles. The van der Waals surface area contributed by atoms with Gasteiger partial charge in [0, 0.05) is 24.5 Å². The lowest BCUT2D eigenvalue weighted by atomic mass is 9.77. The van der Waals surface area contributed by atoms with E-state index in [4.69, 9.17) is 14.0 Å². The molecule has 0 aliphatic carbocycles. The van der Waals surface area contributed by atoms with Crippen molar-refractivity contribution in [2.45, 2.75) is 71.2 Å². The molecule has 0 N–H and O–H groups in total. The fourth-order valence-electron chi connectivity index (χ4n) is 3.12. The Morgan fingerprint density at radius 3 is 2.22 bits per heavy atom. The Balaban J connectivity index is 1.65. The van der Waals surface area contributed by atoms with E-state index in [9.17, 15) is 9.18 Å². The maximum atomic E-state index is 14.7. The molecule has 2 aliphatic heterocycles. The Hall–Kier alpha value is -1.60. The molecule has 1 amide bonds. The predicted molar refractivity (Wildman–Crippen MR) is 103 cm³/mol. The van der Waals surface area contributed by atoms with E-state index >= 15 is 0 Å². The van der Waals surface area contributed by atoms with Crippen LogP contribution in [0.25, 0.3) is 0 Å². The van der Waals surface area contributed by atoms with E-state index in [0.717, 1.165) is 5.56 Å². The molecule has 0 aromatic heterocycles. The zero-order valence-corrected chi connectivity index (χ0v) is 17.3. The molecule has 0 unspecified atom stereocenters. The lowest BCUT2D eigenvalue weighted by Gasteiger charge is -2.40. The molecule has 2 heterocycles. The van der Waals surface area contributed by atoms with Crippen LogP contribution in [-0.2, 0) is 14.0 Å². The fourth-order valence-corrected chi connectivity index (χ4v) is 3.12. The van der Waals surface area contributed by atoms with Crippen molar-refractivity contribution in [1.82, 2.24) is 4.90 Å². The number of carbonyl (C=O) groups excluding carboxylic acids is 1. The molecular weight excluding hydrogens is 348 g/mol. The third-order valence-corrected chi connectivity index (χ3v) is 5.54. The predicted octanol–water partition coefficient (Wildman–Crippen LogP) is 3.46. The Labute approximate surface area is 161 Å². The third kappa shape index (κ3) is 3.99. The number of rotatable bonds is 2. The van der Waals surface area contributed by atoms with Crippen LogP contribution in [0.1, 0.15) is 59.9 Å². The zero-order chi connectivity index (χ0) is 20.2. The van der Waals surface area contributed by atoms with Gasteiger partial charge in [0.05, 0.1) is 11.2 Å². The maximum absolute atomic E-state index is 14.7. The van der Waals surface area contributed by atoms with Gasteiger partial charge in [-0.05, 0) is 60.1 Å². The number of ether oxygens (including phenoxy) is 1. The monoisotopic (exact) mass is 377 g/mol. The second-order valence-corrected chi connectivity index (χ2v) is 9.45. The maximum Gasteiger partial charge on any atom is 0.497 e. The molecule has 7 heteroatoms. The number of benzene rings is 1. The van der Waals surface area contributed by atoms with E-state index in [-0.39, 0.29) is 17.8 Å². The highest BCUT2D eigenvalue weighted by atomic mass is 19.1. The first-order valence-corrected chi connectivity index (χ1v) is 9.42. The summed E-state index contributed by atoms with van der Waals surface area (Å²) in [7, 11) is -0.719. The van der Waals surface area contributed by atoms with Crippen molar-refractivity contribution in [1.29, 1.82) is 0 Å². The lowest BCUT2D eigenvalue weighted by molar-refractivity contribution is 0.00578. The summed E-state index contributed by atoms with van der Waals surface area (Å²) in [6.45, 7) is 14.4. The topological polar surface area (TPSA) is 48.0 Å². The first kappa shape index (κ1) is 20.1. The summed E-state index contributed by atoms with van der Waals surface area (Å²) in [5.74, 6) is -0.235. The van der Waals surface area contributed by atoms with Crippen LogP contribution in [0.3, 0.4) is 0 Å². The number of carbonyl (C=O) groups is 1. The highest BCUT2D eigenvalue weighted by Gasteiger charge is 2.52. The van der Waals surface area contributed by atoms with Crippen LogP contribution in [0.2, 0.25) is 0 Å². The fraction of sp³-hybridized carbons (Fsp3) is 0.650. The SMILES string of the molecule is CC(C)(C)OC(=O)N1CC(c2ccc(B3OC(C)(C)C(C)(C)O3)c(F)c2)C1. The molecule has 0 radical (unpaired) electrons. The van der Waals surface area contributed by atoms with Crippen molar-refractivity contribution in [3.63, 3.8) is 0 Å². The van der Waals surface area contributed by atoms with E-state index in [1.54, 1.807) is 11.0 Å². The van der Waals surface area contributed by atoms with Gasteiger partial charge in [-0.15, -0.1) is 0 Å². The average molecular weight is 377 g/mol. The van der Waals surface area contributed by atoms with E-state index < -0.39 is 23.9 Å². The summed E-state index contributed by atoms with van der Waals surface area (Å²) in [6, 6.07) is 5.14. The zero-order valence-electron chi connectivity index (χ0n) is 17.3. The summed E-state index contributed by atoms with van der Waals surface area (Å²) >= 11 is 0. The van der Waals surface area contributed by atoms with Gasteiger partial charge < -0.3 is 18.9 Å². The normalized spacial score (nSPS) is 21.9. The molecule has 0 spiro atoms. The van der Waals surface area contributed by atoms with Crippen LogP contribution < -0.4 is 5.46 Å². The minimum atomic E-state index is -0.719. The molecule has 27 heavy (non-hydrogen) atoms. The number of hydrogen-bond acceptors (Lipinski definition) is 4. The van der Waals surface area contributed by atoms with E-state index in [1.165, 1.54) is 6.07 Å². The summed E-state index contributed by atoms with van der Waals surface area (Å²) in [6.07, 6.45) is -0.326. The molecule has 1 aromatic rings. The molecule has 0 saturated carbocycles. The van der Waals surface area contributed by atoms with Crippen molar-refractivity contribution >= 4 is 18.7 Å². The number of likely N-dealkylation sites (tertiary alicyclic amines) is 1. The molecule has 5 nitrogen and oxygen atoms in total. The standard InChI is InChI=1S/C20H29BFNO4/c1-18(2,3)25-17(24)23-11-14(12-23)13-8-9-15(16(22)10-13)21-26-19(4,5)20(6,7)27-21/h8-10,14H,11-12H2,1-7H3. The number of hydrogen-bond donors (Lipinski definition) is 0.